The van der Waals surface area contributed by atoms with Crippen LogP contribution in [0.25, 0.3) is 0 Å². The average Bonchev–Trinajstić information content (AvgIpc) is 2.57. The van der Waals surface area contributed by atoms with Crippen LogP contribution < -0.4 is 5.73 Å². The Morgan fingerprint density at radius 2 is 2.38 bits per heavy atom. The van der Waals surface area contributed by atoms with Gasteiger partial charge < -0.3 is 19.8 Å². The fourth-order valence-corrected chi connectivity index (χ4v) is 2.46. The lowest BCUT2D eigenvalue weighted by Crippen LogP contribution is -2.38. The zero-order valence-corrected chi connectivity index (χ0v) is 9.37. The second kappa shape index (κ2) is 3.93. The molecule has 0 aliphatic carbocycles. The highest BCUT2D eigenvalue weighted by molar-refractivity contribution is 6.58. The monoisotopic (exact) mass is 239 g/mol. The van der Waals surface area contributed by atoms with Gasteiger partial charge in [0, 0.05) is 6.54 Å². The Hall–Kier alpha value is -0.745. The first kappa shape index (κ1) is 10.4. The molecule has 3 rings (SSSR count). The van der Waals surface area contributed by atoms with E-state index in [1.807, 2.05) is 6.08 Å². The normalized spacial score (nSPS) is 28.1. The molecule has 0 spiro atoms. The first-order valence-corrected chi connectivity index (χ1v) is 5.56. The van der Waals surface area contributed by atoms with Gasteiger partial charge in [-0.3, -0.25) is 0 Å². The van der Waals surface area contributed by atoms with Gasteiger partial charge in [0.05, 0.1) is 24.0 Å². The Balaban J connectivity index is 2.13. The summed E-state index contributed by atoms with van der Waals surface area (Å²) in [5, 5.41) is 0.638. The second-order valence-corrected chi connectivity index (χ2v) is 4.30. The van der Waals surface area contributed by atoms with Gasteiger partial charge in [-0.2, -0.15) is 0 Å². The summed E-state index contributed by atoms with van der Waals surface area (Å²) in [7, 11) is -0.340. The summed E-state index contributed by atoms with van der Waals surface area (Å²) < 4.78 is 16.6. The number of halogens is 1. The van der Waals surface area contributed by atoms with Crippen molar-refractivity contribution in [3.8, 4) is 0 Å². The van der Waals surface area contributed by atoms with E-state index in [4.69, 9.17) is 31.4 Å². The largest absolute Gasteiger partial charge is 0.497 e. The van der Waals surface area contributed by atoms with E-state index in [1.165, 1.54) is 0 Å². The van der Waals surface area contributed by atoms with Crippen LogP contribution in [0.3, 0.4) is 0 Å². The van der Waals surface area contributed by atoms with Gasteiger partial charge in [0.2, 0.25) is 0 Å². The summed E-state index contributed by atoms with van der Waals surface area (Å²) in [6.45, 7) is 1.42. The van der Waals surface area contributed by atoms with Crippen LogP contribution >= 0.6 is 11.6 Å². The van der Waals surface area contributed by atoms with E-state index in [1.54, 1.807) is 6.26 Å². The molecule has 0 fully saturated rings. The summed E-state index contributed by atoms with van der Waals surface area (Å²) in [4.78, 5) is 0. The molecule has 0 bridgehead atoms. The molecule has 2 N–H and O–H groups in total. The minimum Gasteiger partial charge on any atom is -0.497 e. The van der Waals surface area contributed by atoms with E-state index in [0.29, 0.717) is 24.8 Å². The minimum absolute atomic E-state index is 0.285. The van der Waals surface area contributed by atoms with E-state index in [0.717, 1.165) is 16.6 Å². The zero-order chi connectivity index (χ0) is 11.1. The molecule has 0 aromatic rings. The topological polar surface area (TPSA) is 53.7 Å². The molecule has 0 aromatic carbocycles. The third-order valence-corrected chi connectivity index (χ3v) is 3.39. The van der Waals surface area contributed by atoms with Crippen molar-refractivity contribution in [2.75, 3.05) is 19.8 Å². The van der Waals surface area contributed by atoms with Gasteiger partial charge in [0.1, 0.15) is 6.61 Å². The van der Waals surface area contributed by atoms with Gasteiger partial charge in [-0.25, -0.2) is 0 Å². The van der Waals surface area contributed by atoms with Crippen molar-refractivity contribution in [2.24, 2.45) is 5.73 Å². The van der Waals surface area contributed by atoms with Crippen LogP contribution in [0.2, 0.25) is 0 Å². The number of nitrogens with two attached hydrogens (primary N) is 1. The summed E-state index contributed by atoms with van der Waals surface area (Å²) in [6.07, 6.45) is 3.23. The highest BCUT2D eigenvalue weighted by Crippen LogP contribution is 2.38. The molecule has 1 atom stereocenters. The van der Waals surface area contributed by atoms with Gasteiger partial charge in [-0.1, -0.05) is 11.6 Å². The minimum atomic E-state index is -0.340. The Morgan fingerprint density at radius 1 is 1.50 bits per heavy atom. The second-order valence-electron chi connectivity index (χ2n) is 3.90. The first-order chi connectivity index (χ1) is 7.81. The highest BCUT2D eigenvalue weighted by Gasteiger charge is 2.43. The number of hydrogen-bond acceptors (Lipinski definition) is 4. The molecule has 3 aliphatic rings. The molecular formula is C10H11BClNO3. The standard InChI is InChI=1S/C10H11BClNO3/c12-10-7-1-2-14-4-6-5-15-11(9(6)7)16-8(10)3-13/h1-2,8H,3-5,13H2/t8-/m0/s1. The molecule has 4 nitrogen and oxygen atoms in total. The van der Waals surface area contributed by atoms with Crippen LogP contribution in [0.1, 0.15) is 0 Å². The van der Waals surface area contributed by atoms with Crippen LogP contribution in [0.4, 0.5) is 0 Å². The van der Waals surface area contributed by atoms with Crippen LogP contribution in [-0.2, 0) is 14.0 Å². The van der Waals surface area contributed by atoms with Gasteiger partial charge in [-0.05, 0) is 22.7 Å². The lowest BCUT2D eigenvalue weighted by Gasteiger charge is -2.27. The van der Waals surface area contributed by atoms with Crippen molar-refractivity contribution in [1.29, 1.82) is 0 Å². The van der Waals surface area contributed by atoms with Gasteiger partial charge in [0.15, 0.2) is 0 Å². The summed E-state index contributed by atoms with van der Waals surface area (Å²) in [6, 6.07) is 0. The van der Waals surface area contributed by atoms with Crippen molar-refractivity contribution in [3.05, 3.63) is 34.0 Å². The van der Waals surface area contributed by atoms with E-state index in [9.17, 15) is 0 Å². The SMILES string of the molecule is NC[C@@H]1OB2OCC3=C2C(=C1Cl)C=COC3. The first-order valence-electron chi connectivity index (χ1n) is 5.18. The molecule has 0 saturated carbocycles. The van der Waals surface area contributed by atoms with Crippen molar-refractivity contribution in [2.45, 2.75) is 6.10 Å². The molecule has 0 radical (unpaired) electrons. The molecule has 16 heavy (non-hydrogen) atoms. The van der Waals surface area contributed by atoms with Crippen molar-refractivity contribution in [1.82, 2.24) is 0 Å². The molecule has 0 amide bonds. The highest BCUT2D eigenvalue weighted by atomic mass is 35.5. The number of hydrogen-bond donors (Lipinski definition) is 1. The molecule has 0 saturated heterocycles. The predicted molar refractivity (Wildman–Crippen MR) is 60.6 cm³/mol. The van der Waals surface area contributed by atoms with E-state index < -0.39 is 0 Å². The van der Waals surface area contributed by atoms with Gasteiger partial charge >= 0.3 is 7.12 Å². The van der Waals surface area contributed by atoms with Crippen molar-refractivity contribution < 1.29 is 14.0 Å². The zero-order valence-electron chi connectivity index (χ0n) is 8.61. The number of allylic oxidation sites excluding steroid dienone is 3. The van der Waals surface area contributed by atoms with Crippen LogP contribution in [0, 0.1) is 0 Å². The molecule has 6 heteroatoms. The fraction of sp³-hybridized carbons (Fsp3) is 0.400. The number of ether oxygens (including phenoxy) is 1. The fourth-order valence-electron chi connectivity index (χ4n) is 2.15. The molecule has 0 unspecified atom stereocenters. The van der Waals surface area contributed by atoms with Crippen LogP contribution in [-0.4, -0.2) is 33.0 Å². The molecule has 0 aromatic heterocycles. The molecule has 3 heterocycles. The Labute approximate surface area is 98.8 Å². The maximum Gasteiger partial charge on any atom is 0.495 e. The maximum absolute atomic E-state index is 6.27. The third kappa shape index (κ3) is 1.43. The van der Waals surface area contributed by atoms with Gasteiger partial charge in [-0.15, -0.1) is 0 Å². The Bertz CT molecular complexity index is 418. The average molecular weight is 239 g/mol. The predicted octanol–water partition coefficient (Wildman–Crippen LogP) is 0.735. The Morgan fingerprint density at radius 3 is 3.19 bits per heavy atom. The summed E-state index contributed by atoms with van der Waals surface area (Å²) in [5.74, 6) is 0. The molecular weight excluding hydrogens is 228 g/mol. The maximum atomic E-state index is 6.27. The summed E-state index contributed by atoms with van der Waals surface area (Å²) >= 11 is 6.27. The molecule has 3 aliphatic heterocycles. The van der Waals surface area contributed by atoms with E-state index >= 15 is 0 Å². The van der Waals surface area contributed by atoms with Crippen molar-refractivity contribution in [3.63, 3.8) is 0 Å². The Kier molecular flexibility index (Phi) is 2.56. The molecule has 84 valence electrons. The van der Waals surface area contributed by atoms with Crippen LogP contribution in [0.5, 0.6) is 0 Å². The van der Waals surface area contributed by atoms with Crippen molar-refractivity contribution >= 4 is 18.7 Å². The quantitative estimate of drug-likeness (QED) is 0.686. The van der Waals surface area contributed by atoms with E-state index in [-0.39, 0.29) is 13.2 Å². The lowest BCUT2D eigenvalue weighted by molar-refractivity contribution is 0.180. The number of rotatable bonds is 1. The lowest BCUT2D eigenvalue weighted by atomic mass is 9.70. The summed E-state index contributed by atoms with van der Waals surface area (Å²) in [5.41, 5.74) is 8.67. The third-order valence-electron chi connectivity index (χ3n) is 2.95. The van der Waals surface area contributed by atoms with E-state index in [2.05, 4.69) is 0 Å². The van der Waals surface area contributed by atoms with Gasteiger partial charge in [0.25, 0.3) is 0 Å². The van der Waals surface area contributed by atoms with Crippen LogP contribution in [0.15, 0.2) is 34.0 Å². The smallest absolute Gasteiger partial charge is 0.495 e.